The van der Waals surface area contributed by atoms with Crippen molar-refractivity contribution in [1.82, 2.24) is 9.78 Å². The fraction of sp³-hybridized carbons (Fsp3) is 0.357. The SMILES string of the molecule is Cc1[nH]n(C(C)(C)C)c(=O)c1N=Nc1ccc(F)cc1. The van der Waals surface area contributed by atoms with E-state index < -0.39 is 0 Å². The molecule has 0 aliphatic carbocycles. The molecule has 1 N–H and O–H groups in total. The molecule has 0 aliphatic rings. The molecule has 0 unspecified atom stereocenters. The maximum absolute atomic E-state index is 12.8. The molecule has 0 saturated heterocycles. The van der Waals surface area contributed by atoms with Gasteiger partial charge in [0.1, 0.15) is 5.82 Å². The Kier molecular flexibility index (Phi) is 3.57. The van der Waals surface area contributed by atoms with Crippen molar-refractivity contribution < 1.29 is 4.39 Å². The second-order valence-electron chi connectivity index (χ2n) is 5.57. The molecular weight excluding hydrogens is 259 g/mol. The number of aromatic amines is 1. The maximum atomic E-state index is 12.8. The Morgan fingerprint density at radius 1 is 1.15 bits per heavy atom. The molecule has 0 radical (unpaired) electrons. The van der Waals surface area contributed by atoms with E-state index >= 15 is 0 Å². The smallest absolute Gasteiger partial charge is 0.295 e. The zero-order chi connectivity index (χ0) is 14.9. The molecule has 0 amide bonds. The molecule has 5 nitrogen and oxygen atoms in total. The monoisotopic (exact) mass is 276 g/mol. The van der Waals surface area contributed by atoms with Crippen molar-refractivity contribution in [2.45, 2.75) is 33.2 Å². The molecule has 0 atom stereocenters. The lowest BCUT2D eigenvalue weighted by Crippen LogP contribution is -2.32. The summed E-state index contributed by atoms with van der Waals surface area (Å²) in [4.78, 5) is 12.2. The van der Waals surface area contributed by atoms with Gasteiger partial charge in [0.2, 0.25) is 0 Å². The first-order chi connectivity index (χ1) is 9.29. The van der Waals surface area contributed by atoms with Crippen LogP contribution in [-0.4, -0.2) is 9.78 Å². The summed E-state index contributed by atoms with van der Waals surface area (Å²) in [5, 5.41) is 10.9. The molecule has 0 spiro atoms. The molecule has 0 aliphatic heterocycles. The van der Waals surface area contributed by atoms with Crippen LogP contribution >= 0.6 is 0 Å². The van der Waals surface area contributed by atoms with Gasteiger partial charge in [0.15, 0.2) is 5.69 Å². The first-order valence-electron chi connectivity index (χ1n) is 6.28. The topological polar surface area (TPSA) is 62.5 Å². The summed E-state index contributed by atoms with van der Waals surface area (Å²) >= 11 is 0. The quantitative estimate of drug-likeness (QED) is 0.833. The van der Waals surface area contributed by atoms with Crippen LogP contribution in [-0.2, 0) is 5.54 Å². The van der Waals surface area contributed by atoms with Gasteiger partial charge in [-0.25, -0.2) is 9.07 Å². The zero-order valence-electron chi connectivity index (χ0n) is 11.9. The van der Waals surface area contributed by atoms with Gasteiger partial charge in [-0.05, 0) is 52.0 Å². The number of benzene rings is 1. The second kappa shape index (κ2) is 5.03. The van der Waals surface area contributed by atoms with Crippen LogP contribution in [0, 0.1) is 12.7 Å². The summed E-state index contributed by atoms with van der Waals surface area (Å²) in [6.07, 6.45) is 0. The Morgan fingerprint density at radius 2 is 1.75 bits per heavy atom. The van der Waals surface area contributed by atoms with Gasteiger partial charge in [-0.15, -0.1) is 5.11 Å². The highest BCUT2D eigenvalue weighted by Gasteiger charge is 2.20. The summed E-state index contributed by atoms with van der Waals surface area (Å²) in [6, 6.07) is 5.60. The summed E-state index contributed by atoms with van der Waals surface area (Å²) < 4.78 is 14.3. The zero-order valence-corrected chi connectivity index (χ0v) is 11.9. The van der Waals surface area contributed by atoms with Crippen LogP contribution in [0.15, 0.2) is 39.3 Å². The summed E-state index contributed by atoms with van der Waals surface area (Å²) in [7, 11) is 0. The fourth-order valence-corrected chi connectivity index (χ4v) is 1.74. The van der Waals surface area contributed by atoms with Crippen LogP contribution in [0.5, 0.6) is 0 Å². The third-order valence-corrected chi connectivity index (χ3v) is 2.80. The van der Waals surface area contributed by atoms with Gasteiger partial charge in [0, 0.05) is 0 Å². The van der Waals surface area contributed by atoms with Crippen molar-refractivity contribution in [1.29, 1.82) is 0 Å². The summed E-state index contributed by atoms with van der Waals surface area (Å²) in [5.41, 5.74) is 0.834. The normalized spacial score (nSPS) is 12.2. The summed E-state index contributed by atoms with van der Waals surface area (Å²) in [5.74, 6) is -0.336. The average molecular weight is 276 g/mol. The van der Waals surface area contributed by atoms with Gasteiger partial charge in [-0.1, -0.05) is 0 Å². The van der Waals surface area contributed by atoms with Gasteiger partial charge in [-0.2, -0.15) is 5.11 Å². The van der Waals surface area contributed by atoms with Crippen LogP contribution in [0.1, 0.15) is 26.5 Å². The van der Waals surface area contributed by atoms with Gasteiger partial charge in [0.25, 0.3) is 5.56 Å². The Bertz CT molecular complexity index is 689. The molecule has 0 bridgehead atoms. The molecule has 20 heavy (non-hydrogen) atoms. The van der Waals surface area contributed by atoms with Gasteiger partial charge in [-0.3, -0.25) is 9.89 Å². The Labute approximate surface area is 116 Å². The largest absolute Gasteiger partial charge is 0.297 e. The van der Waals surface area contributed by atoms with E-state index in [0.717, 1.165) is 0 Å². The number of nitrogens with one attached hydrogen (secondary N) is 1. The third kappa shape index (κ3) is 2.84. The minimum Gasteiger partial charge on any atom is -0.297 e. The third-order valence-electron chi connectivity index (χ3n) is 2.80. The number of aryl methyl sites for hydroxylation is 1. The first-order valence-corrected chi connectivity index (χ1v) is 6.28. The molecule has 1 aromatic carbocycles. The molecule has 0 saturated carbocycles. The van der Waals surface area contributed by atoms with E-state index in [-0.39, 0.29) is 22.6 Å². The van der Waals surface area contributed by atoms with Crippen molar-refractivity contribution in [3.8, 4) is 0 Å². The van der Waals surface area contributed by atoms with Crippen LogP contribution in [0.25, 0.3) is 0 Å². The predicted molar refractivity (Wildman–Crippen MR) is 75.4 cm³/mol. The maximum Gasteiger partial charge on any atom is 0.295 e. The number of halogens is 1. The fourth-order valence-electron chi connectivity index (χ4n) is 1.74. The van der Waals surface area contributed by atoms with E-state index in [4.69, 9.17) is 0 Å². The molecule has 0 fully saturated rings. The number of hydrogen-bond donors (Lipinski definition) is 1. The van der Waals surface area contributed by atoms with E-state index in [1.54, 1.807) is 6.92 Å². The van der Waals surface area contributed by atoms with Crippen LogP contribution in [0.4, 0.5) is 15.8 Å². The van der Waals surface area contributed by atoms with Crippen molar-refractivity contribution in [2.24, 2.45) is 10.2 Å². The van der Waals surface area contributed by atoms with Crippen LogP contribution < -0.4 is 5.56 Å². The molecular formula is C14H17FN4O. The molecule has 1 heterocycles. The number of nitrogens with zero attached hydrogens (tertiary/aromatic N) is 3. The van der Waals surface area contributed by atoms with E-state index in [1.165, 1.54) is 28.9 Å². The highest BCUT2D eigenvalue weighted by atomic mass is 19.1. The number of rotatable bonds is 2. The molecule has 1 aromatic heterocycles. The molecule has 6 heteroatoms. The Balaban J connectivity index is 2.37. The Morgan fingerprint density at radius 3 is 2.25 bits per heavy atom. The lowest BCUT2D eigenvalue weighted by molar-refractivity contribution is 0.344. The van der Waals surface area contributed by atoms with Crippen LogP contribution in [0.2, 0.25) is 0 Å². The molecule has 2 aromatic rings. The molecule has 2 rings (SSSR count). The molecule has 106 valence electrons. The van der Waals surface area contributed by atoms with Crippen LogP contribution in [0.3, 0.4) is 0 Å². The van der Waals surface area contributed by atoms with Crippen molar-refractivity contribution >= 4 is 11.4 Å². The van der Waals surface area contributed by atoms with Crippen molar-refractivity contribution in [2.75, 3.05) is 0 Å². The highest BCUT2D eigenvalue weighted by molar-refractivity contribution is 5.41. The predicted octanol–water partition coefficient (Wildman–Crippen LogP) is 3.79. The minimum absolute atomic E-state index is 0.221. The van der Waals surface area contributed by atoms with Gasteiger partial charge >= 0.3 is 0 Å². The Hall–Kier alpha value is -2.24. The van der Waals surface area contributed by atoms with E-state index in [1.807, 2.05) is 20.8 Å². The van der Waals surface area contributed by atoms with E-state index in [0.29, 0.717) is 11.4 Å². The van der Waals surface area contributed by atoms with Gasteiger partial charge < -0.3 is 0 Å². The minimum atomic E-state index is -0.356. The number of hydrogen-bond acceptors (Lipinski definition) is 3. The average Bonchev–Trinajstić information content (AvgIpc) is 2.64. The summed E-state index contributed by atoms with van der Waals surface area (Å²) in [6.45, 7) is 7.53. The number of H-pyrrole nitrogens is 1. The number of azo groups is 1. The van der Waals surface area contributed by atoms with Gasteiger partial charge in [0.05, 0.1) is 16.9 Å². The standard InChI is InChI=1S/C14H17FN4O/c1-9-12(13(20)19(18-9)14(2,3)4)17-16-11-7-5-10(15)6-8-11/h5-8,18H,1-4H3. The van der Waals surface area contributed by atoms with E-state index in [2.05, 4.69) is 15.3 Å². The van der Waals surface area contributed by atoms with E-state index in [9.17, 15) is 9.18 Å². The first kappa shape index (κ1) is 14.2. The second-order valence-corrected chi connectivity index (χ2v) is 5.57. The van der Waals surface area contributed by atoms with Crippen molar-refractivity contribution in [3.05, 3.63) is 46.1 Å². The van der Waals surface area contributed by atoms with Crippen molar-refractivity contribution in [3.63, 3.8) is 0 Å². The highest BCUT2D eigenvalue weighted by Crippen LogP contribution is 2.20. The lowest BCUT2D eigenvalue weighted by Gasteiger charge is -2.18. The number of aromatic nitrogens is 2. The lowest BCUT2D eigenvalue weighted by atomic mass is 10.1.